The molecule has 1 N–H and O–H groups in total. The van der Waals surface area contributed by atoms with Gasteiger partial charge in [0.2, 0.25) is 0 Å². The fourth-order valence-electron chi connectivity index (χ4n) is 4.97. The molecule has 1 fully saturated rings. The van der Waals surface area contributed by atoms with E-state index in [0.29, 0.717) is 40.6 Å². The number of hydrogen-bond acceptors (Lipinski definition) is 7. The van der Waals surface area contributed by atoms with Gasteiger partial charge in [0.1, 0.15) is 29.2 Å². The number of anilines is 1. The molecule has 0 spiro atoms. The van der Waals surface area contributed by atoms with Gasteiger partial charge in [0.25, 0.3) is 5.78 Å². The van der Waals surface area contributed by atoms with Crippen LogP contribution in [0.3, 0.4) is 0 Å². The van der Waals surface area contributed by atoms with Gasteiger partial charge in [-0.3, -0.25) is 14.5 Å². The van der Waals surface area contributed by atoms with Crippen LogP contribution in [-0.2, 0) is 16.0 Å². The number of amides is 1. The normalized spacial score (nSPS) is 20.1. The van der Waals surface area contributed by atoms with Crippen molar-refractivity contribution in [1.29, 1.82) is 0 Å². The number of aliphatic hydroxyl groups is 1. The lowest BCUT2D eigenvalue weighted by atomic mass is 9.94. The Bertz CT molecular complexity index is 1630. The standard InChI is InChI=1S/C29H23FN2O5S/c1-3-36-20-9-10-21-23(14-20)38-29(31-21)32-25(16-4-7-19(30)8-5-16)24(27(34)28(32)35)26(33)17-6-11-22-18(13-17)12-15(2)37-22/h4-11,13-15,25,33H,3,12H2,1-2H3. The van der Waals surface area contributed by atoms with Gasteiger partial charge in [-0.1, -0.05) is 23.5 Å². The summed E-state index contributed by atoms with van der Waals surface area (Å²) < 4.78 is 25.9. The number of halogens is 1. The van der Waals surface area contributed by atoms with Crippen LogP contribution in [0.2, 0.25) is 0 Å². The maximum absolute atomic E-state index is 13.8. The summed E-state index contributed by atoms with van der Waals surface area (Å²) in [6.45, 7) is 4.35. The highest BCUT2D eigenvalue weighted by Crippen LogP contribution is 2.45. The van der Waals surface area contributed by atoms with Crippen LogP contribution in [0.15, 0.2) is 66.2 Å². The first-order valence-electron chi connectivity index (χ1n) is 12.2. The second-order valence-corrected chi connectivity index (χ2v) is 10.2. The minimum Gasteiger partial charge on any atom is -0.507 e. The van der Waals surface area contributed by atoms with Gasteiger partial charge >= 0.3 is 5.91 Å². The molecule has 6 rings (SSSR count). The van der Waals surface area contributed by atoms with Gasteiger partial charge in [0.05, 0.1) is 28.4 Å². The van der Waals surface area contributed by atoms with E-state index in [1.807, 2.05) is 19.9 Å². The first kappa shape index (κ1) is 24.1. The highest BCUT2D eigenvalue weighted by molar-refractivity contribution is 7.22. The smallest absolute Gasteiger partial charge is 0.301 e. The van der Waals surface area contributed by atoms with E-state index in [1.54, 1.807) is 30.3 Å². The Morgan fingerprint density at radius 1 is 1.16 bits per heavy atom. The summed E-state index contributed by atoms with van der Waals surface area (Å²) in [5.41, 5.74) is 2.34. The molecule has 0 radical (unpaired) electrons. The van der Waals surface area contributed by atoms with Gasteiger partial charge in [0.15, 0.2) is 5.13 Å². The van der Waals surface area contributed by atoms with Crippen molar-refractivity contribution in [2.24, 2.45) is 0 Å². The molecule has 0 bridgehead atoms. The summed E-state index contributed by atoms with van der Waals surface area (Å²) in [7, 11) is 0. The molecule has 1 aromatic heterocycles. The van der Waals surface area contributed by atoms with Crippen LogP contribution < -0.4 is 14.4 Å². The van der Waals surface area contributed by atoms with Gasteiger partial charge in [-0.25, -0.2) is 9.37 Å². The van der Waals surface area contributed by atoms with Crippen LogP contribution in [0, 0.1) is 5.82 Å². The lowest BCUT2D eigenvalue weighted by Gasteiger charge is -2.23. The van der Waals surface area contributed by atoms with Crippen molar-refractivity contribution >= 4 is 44.1 Å². The van der Waals surface area contributed by atoms with Crippen molar-refractivity contribution < 1.29 is 28.6 Å². The molecule has 2 aliphatic heterocycles. The number of aliphatic hydroxyl groups excluding tert-OH is 1. The minimum absolute atomic E-state index is 0.00877. The molecule has 1 amide bonds. The lowest BCUT2D eigenvalue weighted by Crippen LogP contribution is -2.29. The average molecular weight is 531 g/mol. The molecule has 9 heteroatoms. The fraction of sp³-hybridized carbons (Fsp3) is 0.207. The topological polar surface area (TPSA) is 89.0 Å². The summed E-state index contributed by atoms with van der Waals surface area (Å²) in [5, 5.41) is 11.7. The number of ether oxygens (including phenoxy) is 2. The van der Waals surface area contributed by atoms with Crippen LogP contribution >= 0.6 is 11.3 Å². The van der Waals surface area contributed by atoms with Crippen molar-refractivity contribution in [3.8, 4) is 11.5 Å². The number of rotatable bonds is 5. The third-order valence-electron chi connectivity index (χ3n) is 6.67. The molecule has 2 atom stereocenters. The highest BCUT2D eigenvalue weighted by Gasteiger charge is 2.48. The predicted molar refractivity (Wildman–Crippen MR) is 142 cm³/mol. The van der Waals surface area contributed by atoms with Crippen molar-refractivity contribution in [2.45, 2.75) is 32.4 Å². The monoisotopic (exact) mass is 530 g/mol. The number of aromatic nitrogens is 1. The van der Waals surface area contributed by atoms with Gasteiger partial charge in [-0.15, -0.1) is 0 Å². The van der Waals surface area contributed by atoms with E-state index in [4.69, 9.17) is 9.47 Å². The maximum Gasteiger partial charge on any atom is 0.301 e. The second kappa shape index (κ2) is 9.25. The third-order valence-corrected chi connectivity index (χ3v) is 7.68. The number of fused-ring (bicyclic) bond motifs is 2. The van der Waals surface area contributed by atoms with Crippen LogP contribution in [0.5, 0.6) is 11.5 Å². The second-order valence-electron chi connectivity index (χ2n) is 9.23. The van der Waals surface area contributed by atoms with Gasteiger partial charge in [0, 0.05) is 12.0 Å². The molecule has 0 aliphatic carbocycles. The number of nitrogens with zero attached hydrogens (tertiary/aromatic N) is 2. The SMILES string of the molecule is CCOc1ccc2nc(N3C(=O)C(=O)C(=C(O)c4ccc5c(c4)CC(C)O5)C3c3ccc(F)cc3)sc2c1. The molecule has 38 heavy (non-hydrogen) atoms. The Kier molecular flexibility index (Phi) is 5.87. The largest absolute Gasteiger partial charge is 0.507 e. The van der Waals surface area contributed by atoms with E-state index in [1.165, 1.54) is 40.5 Å². The zero-order chi connectivity index (χ0) is 26.6. The summed E-state index contributed by atoms with van der Waals surface area (Å²) in [5.74, 6) is -1.02. The van der Waals surface area contributed by atoms with Crippen LogP contribution in [0.25, 0.3) is 16.0 Å². The Balaban J connectivity index is 1.50. The minimum atomic E-state index is -0.994. The first-order chi connectivity index (χ1) is 18.3. The number of thiazole rings is 1. The number of carbonyl (C=O) groups excluding carboxylic acids is 2. The number of Topliss-reactive ketones (excluding diaryl/α,β-unsaturated/α-hetero) is 1. The molecule has 3 heterocycles. The van der Waals surface area contributed by atoms with E-state index in [-0.39, 0.29) is 17.4 Å². The van der Waals surface area contributed by atoms with E-state index >= 15 is 0 Å². The molecule has 192 valence electrons. The summed E-state index contributed by atoms with van der Waals surface area (Å²) in [4.78, 5) is 32.8. The van der Waals surface area contributed by atoms with Crippen molar-refractivity contribution in [3.05, 3.63) is 88.7 Å². The predicted octanol–water partition coefficient (Wildman–Crippen LogP) is 5.78. The lowest BCUT2D eigenvalue weighted by molar-refractivity contribution is -0.132. The van der Waals surface area contributed by atoms with Gasteiger partial charge < -0.3 is 14.6 Å². The van der Waals surface area contributed by atoms with Gasteiger partial charge in [-0.05, 0) is 73.5 Å². The number of hydrogen-bond donors (Lipinski definition) is 1. The number of ketones is 1. The Morgan fingerprint density at radius 2 is 1.95 bits per heavy atom. The van der Waals surface area contributed by atoms with E-state index in [9.17, 15) is 19.1 Å². The average Bonchev–Trinajstić information content (AvgIpc) is 3.56. The number of carbonyl (C=O) groups is 2. The summed E-state index contributed by atoms with van der Waals surface area (Å²) in [6.07, 6.45) is 0.677. The van der Waals surface area contributed by atoms with E-state index in [2.05, 4.69) is 4.98 Å². The van der Waals surface area contributed by atoms with Gasteiger partial charge in [-0.2, -0.15) is 0 Å². The molecule has 2 unspecified atom stereocenters. The molecule has 7 nitrogen and oxygen atoms in total. The van der Waals surface area contributed by atoms with Crippen molar-refractivity contribution in [2.75, 3.05) is 11.5 Å². The summed E-state index contributed by atoms with van der Waals surface area (Å²) >= 11 is 1.23. The maximum atomic E-state index is 13.8. The highest BCUT2D eigenvalue weighted by atomic mass is 32.1. The van der Waals surface area contributed by atoms with Crippen molar-refractivity contribution in [1.82, 2.24) is 4.98 Å². The molecular formula is C29H23FN2O5S. The third kappa shape index (κ3) is 3.99. The summed E-state index contributed by atoms with van der Waals surface area (Å²) in [6, 6.07) is 15.1. The molecular weight excluding hydrogens is 507 g/mol. The van der Waals surface area contributed by atoms with Crippen molar-refractivity contribution in [3.63, 3.8) is 0 Å². The van der Waals surface area contributed by atoms with Crippen LogP contribution in [0.4, 0.5) is 9.52 Å². The van der Waals surface area contributed by atoms with Crippen LogP contribution in [0.1, 0.15) is 36.6 Å². The Labute approximate surface area is 221 Å². The molecule has 0 saturated carbocycles. The van der Waals surface area contributed by atoms with Crippen LogP contribution in [-0.4, -0.2) is 34.5 Å². The zero-order valence-corrected chi connectivity index (χ0v) is 21.4. The molecule has 3 aromatic carbocycles. The first-order valence-corrected chi connectivity index (χ1v) is 13.1. The zero-order valence-electron chi connectivity index (χ0n) is 20.6. The van der Waals surface area contributed by atoms with E-state index in [0.717, 1.165) is 16.0 Å². The Hall–Kier alpha value is -4.24. The molecule has 2 aliphatic rings. The number of benzene rings is 3. The Morgan fingerprint density at radius 3 is 2.71 bits per heavy atom. The molecule has 1 saturated heterocycles. The quantitative estimate of drug-likeness (QED) is 0.200. The van der Waals surface area contributed by atoms with E-state index < -0.39 is 23.5 Å². The fourth-order valence-corrected chi connectivity index (χ4v) is 5.99. The molecule has 4 aromatic rings.